The van der Waals surface area contributed by atoms with Gasteiger partial charge in [0.1, 0.15) is 0 Å². The molecule has 0 saturated heterocycles. The van der Waals surface area contributed by atoms with Crippen LogP contribution in [-0.4, -0.2) is 40.6 Å². The Morgan fingerprint density at radius 1 is 1.50 bits per heavy atom. The Kier molecular flexibility index (Phi) is 2.49. The van der Waals surface area contributed by atoms with Gasteiger partial charge >= 0.3 is 0 Å². The molecule has 0 atom stereocenters. The quantitative estimate of drug-likeness (QED) is 0.660. The summed E-state index contributed by atoms with van der Waals surface area (Å²) in [4.78, 5) is 13.7. The molecule has 0 aliphatic heterocycles. The summed E-state index contributed by atoms with van der Waals surface area (Å²) in [6.07, 6.45) is 4.95. The van der Waals surface area contributed by atoms with Crippen molar-refractivity contribution >= 4 is 5.91 Å². The average Bonchev–Trinajstić information content (AvgIpc) is 2.80. The fourth-order valence-corrected chi connectivity index (χ4v) is 1.89. The zero-order valence-electron chi connectivity index (χ0n) is 8.41. The smallest absolute Gasteiger partial charge is 0.242 e. The highest BCUT2D eigenvalue weighted by Gasteiger charge is 2.49. The molecule has 14 heavy (non-hydrogen) atoms. The summed E-state index contributed by atoms with van der Waals surface area (Å²) in [7, 11) is 0. The Balaban J connectivity index is 1.98. The Hall–Kier alpha value is -0.610. The minimum Gasteiger partial charge on any atom is -0.395 e. The monoisotopic (exact) mass is 198 g/mol. The normalized spacial score (nSPS) is 24.1. The van der Waals surface area contributed by atoms with E-state index in [-0.39, 0.29) is 12.5 Å². The number of carbonyl (C=O) groups excluding carboxylic acids is 1. The van der Waals surface area contributed by atoms with Crippen LogP contribution in [0.1, 0.15) is 32.1 Å². The molecule has 2 aliphatic carbocycles. The second kappa shape index (κ2) is 3.51. The molecule has 0 unspecified atom stereocenters. The summed E-state index contributed by atoms with van der Waals surface area (Å²) >= 11 is 0. The molecule has 0 heterocycles. The van der Waals surface area contributed by atoms with Crippen molar-refractivity contribution in [3.05, 3.63) is 0 Å². The van der Waals surface area contributed by atoms with E-state index in [2.05, 4.69) is 0 Å². The van der Waals surface area contributed by atoms with Crippen molar-refractivity contribution in [3.8, 4) is 0 Å². The first kappa shape index (κ1) is 9.93. The molecule has 4 heteroatoms. The molecule has 3 N–H and O–H groups in total. The van der Waals surface area contributed by atoms with Crippen LogP contribution in [0.4, 0.5) is 0 Å². The van der Waals surface area contributed by atoms with Gasteiger partial charge in [-0.2, -0.15) is 0 Å². The van der Waals surface area contributed by atoms with Crippen molar-refractivity contribution in [2.75, 3.05) is 13.2 Å². The lowest BCUT2D eigenvalue weighted by molar-refractivity contribution is -0.138. The van der Waals surface area contributed by atoms with Gasteiger partial charge in [0, 0.05) is 12.6 Å². The molecule has 0 aromatic rings. The van der Waals surface area contributed by atoms with Gasteiger partial charge < -0.3 is 15.7 Å². The zero-order valence-corrected chi connectivity index (χ0v) is 8.41. The Labute approximate surface area is 84.1 Å². The van der Waals surface area contributed by atoms with E-state index >= 15 is 0 Å². The van der Waals surface area contributed by atoms with Crippen LogP contribution in [0, 0.1) is 0 Å². The van der Waals surface area contributed by atoms with Crippen molar-refractivity contribution in [2.24, 2.45) is 5.73 Å². The number of hydrogen-bond acceptors (Lipinski definition) is 3. The summed E-state index contributed by atoms with van der Waals surface area (Å²) in [5, 5.41) is 8.91. The summed E-state index contributed by atoms with van der Waals surface area (Å²) in [6, 6.07) is 0.343. The first-order valence-electron chi connectivity index (χ1n) is 5.38. The van der Waals surface area contributed by atoms with Crippen LogP contribution >= 0.6 is 0 Å². The van der Waals surface area contributed by atoms with Crippen LogP contribution in [0.2, 0.25) is 0 Å². The van der Waals surface area contributed by atoms with E-state index in [9.17, 15) is 4.79 Å². The van der Waals surface area contributed by atoms with Crippen molar-refractivity contribution in [1.29, 1.82) is 0 Å². The highest BCUT2D eigenvalue weighted by atomic mass is 16.3. The lowest BCUT2D eigenvalue weighted by Crippen LogP contribution is -2.53. The molecule has 2 aliphatic rings. The molecule has 80 valence electrons. The summed E-state index contributed by atoms with van der Waals surface area (Å²) in [5.74, 6) is 0.0521. The van der Waals surface area contributed by atoms with Crippen molar-refractivity contribution in [1.82, 2.24) is 4.90 Å². The maximum absolute atomic E-state index is 11.9. The highest BCUT2D eigenvalue weighted by molar-refractivity contribution is 5.89. The molecule has 2 saturated carbocycles. The largest absolute Gasteiger partial charge is 0.395 e. The van der Waals surface area contributed by atoms with E-state index in [1.165, 1.54) is 6.42 Å². The number of amides is 1. The highest BCUT2D eigenvalue weighted by Crippen LogP contribution is 2.36. The van der Waals surface area contributed by atoms with Gasteiger partial charge in [-0.25, -0.2) is 0 Å². The van der Waals surface area contributed by atoms with E-state index in [1.54, 1.807) is 4.90 Å². The molecule has 0 aromatic carbocycles. The van der Waals surface area contributed by atoms with Gasteiger partial charge in [0.15, 0.2) is 0 Å². The molecule has 1 amide bonds. The number of aliphatic hydroxyl groups excluding tert-OH is 1. The minimum absolute atomic E-state index is 0.0400. The van der Waals surface area contributed by atoms with Crippen molar-refractivity contribution in [3.63, 3.8) is 0 Å². The van der Waals surface area contributed by atoms with E-state index in [1.807, 2.05) is 0 Å². The molecule has 2 rings (SSSR count). The first-order chi connectivity index (χ1) is 6.67. The molecule has 0 aromatic heterocycles. The molecule has 2 fully saturated rings. The van der Waals surface area contributed by atoms with Crippen LogP contribution in [0.5, 0.6) is 0 Å². The van der Waals surface area contributed by atoms with Gasteiger partial charge in [-0.15, -0.1) is 0 Å². The summed E-state index contributed by atoms with van der Waals surface area (Å²) in [5.41, 5.74) is 5.29. The maximum atomic E-state index is 11.9. The lowest BCUT2D eigenvalue weighted by atomic mass is 9.91. The summed E-state index contributed by atoms with van der Waals surface area (Å²) in [6.45, 7) is 0.487. The van der Waals surface area contributed by atoms with Crippen LogP contribution < -0.4 is 5.73 Å². The first-order valence-corrected chi connectivity index (χ1v) is 5.38. The second-order valence-electron chi connectivity index (χ2n) is 4.46. The van der Waals surface area contributed by atoms with Crippen LogP contribution in [0.25, 0.3) is 0 Å². The molecule has 0 radical (unpaired) electrons. The number of aliphatic hydroxyl groups is 1. The third kappa shape index (κ3) is 1.64. The van der Waals surface area contributed by atoms with Crippen LogP contribution in [0.3, 0.4) is 0 Å². The van der Waals surface area contributed by atoms with Gasteiger partial charge in [0.2, 0.25) is 5.91 Å². The Bertz CT molecular complexity index is 234. The number of rotatable bonds is 4. The predicted molar refractivity (Wildman–Crippen MR) is 52.6 cm³/mol. The van der Waals surface area contributed by atoms with Crippen molar-refractivity contribution < 1.29 is 9.90 Å². The molecule has 0 spiro atoms. The average molecular weight is 198 g/mol. The van der Waals surface area contributed by atoms with Crippen molar-refractivity contribution in [2.45, 2.75) is 43.7 Å². The zero-order chi connectivity index (χ0) is 10.2. The van der Waals surface area contributed by atoms with Gasteiger partial charge in [0.25, 0.3) is 0 Å². The van der Waals surface area contributed by atoms with E-state index in [0.717, 1.165) is 25.7 Å². The van der Waals surface area contributed by atoms with Crippen LogP contribution in [0.15, 0.2) is 0 Å². The minimum atomic E-state index is -0.579. The predicted octanol–water partition coefficient (Wildman–Crippen LogP) is -0.149. The van der Waals surface area contributed by atoms with Gasteiger partial charge in [0.05, 0.1) is 12.1 Å². The van der Waals surface area contributed by atoms with Gasteiger partial charge in [-0.1, -0.05) is 0 Å². The van der Waals surface area contributed by atoms with Gasteiger partial charge in [-0.05, 0) is 32.1 Å². The Morgan fingerprint density at radius 2 is 2.14 bits per heavy atom. The molecule has 0 bridgehead atoms. The number of hydrogen-bond donors (Lipinski definition) is 2. The van der Waals surface area contributed by atoms with E-state index < -0.39 is 5.54 Å². The fraction of sp³-hybridized carbons (Fsp3) is 0.900. The summed E-state index contributed by atoms with van der Waals surface area (Å²) < 4.78 is 0. The second-order valence-corrected chi connectivity index (χ2v) is 4.46. The molecular formula is C10H18N2O2. The lowest BCUT2D eigenvalue weighted by Gasteiger charge is -2.38. The fourth-order valence-electron chi connectivity index (χ4n) is 1.89. The number of nitrogens with two attached hydrogens (primary N) is 1. The molecular weight excluding hydrogens is 180 g/mol. The van der Waals surface area contributed by atoms with Crippen LogP contribution in [-0.2, 0) is 4.79 Å². The number of carbonyl (C=O) groups is 1. The van der Waals surface area contributed by atoms with E-state index in [0.29, 0.717) is 12.6 Å². The third-order valence-corrected chi connectivity index (χ3v) is 3.33. The SMILES string of the molecule is NC1(C(=O)N(CCO)C2CCC2)CC1. The maximum Gasteiger partial charge on any atom is 0.242 e. The number of nitrogens with zero attached hydrogens (tertiary/aromatic N) is 1. The van der Waals surface area contributed by atoms with Gasteiger partial charge in [-0.3, -0.25) is 4.79 Å². The molecule has 4 nitrogen and oxygen atoms in total. The standard InChI is InChI=1S/C10H18N2O2/c11-10(4-5-10)9(14)12(6-7-13)8-2-1-3-8/h8,13H,1-7,11H2. The van der Waals surface area contributed by atoms with E-state index in [4.69, 9.17) is 10.8 Å². The topological polar surface area (TPSA) is 66.6 Å². The third-order valence-electron chi connectivity index (χ3n) is 3.33. The Morgan fingerprint density at radius 3 is 2.50 bits per heavy atom.